The van der Waals surface area contributed by atoms with Crippen LogP contribution in [0.2, 0.25) is 0 Å². The van der Waals surface area contributed by atoms with E-state index in [9.17, 15) is 13.2 Å². The lowest BCUT2D eigenvalue weighted by atomic mass is 10.2. The molecule has 0 bridgehead atoms. The van der Waals surface area contributed by atoms with E-state index in [1.807, 2.05) is 0 Å². The molecule has 0 atom stereocenters. The third-order valence-electron chi connectivity index (χ3n) is 2.37. The number of anilines is 1. The zero-order valence-corrected chi connectivity index (χ0v) is 10.7. The second kappa shape index (κ2) is 4.81. The van der Waals surface area contributed by atoms with Gasteiger partial charge in [0.15, 0.2) is 0 Å². The fourth-order valence-corrected chi connectivity index (χ4v) is 2.76. The Balaban J connectivity index is 2.36. The van der Waals surface area contributed by atoms with Crippen LogP contribution in [0.25, 0.3) is 11.0 Å². The summed E-state index contributed by atoms with van der Waals surface area (Å²) < 4.78 is 30.7. The van der Waals surface area contributed by atoms with Crippen LogP contribution in [0.3, 0.4) is 0 Å². The van der Waals surface area contributed by atoms with Gasteiger partial charge in [0.05, 0.1) is 5.75 Å². The van der Waals surface area contributed by atoms with Crippen LogP contribution in [0, 0.1) is 0 Å². The molecule has 0 amide bonds. The topological polar surface area (TPSA) is 76.4 Å². The van der Waals surface area contributed by atoms with Gasteiger partial charge in [-0.05, 0) is 30.7 Å². The lowest BCUT2D eigenvalue weighted by Gasteiger charge is -2.07. The molecule has 6 heteroatoms. The molecule has 5 nitrogen and oxygen atoms in total. The molecule has 0 saturated heterocycles. The summed E-state index contributed by atoms with van der Waals surface area (Å²) in [6.45, 7) is 1.80. The average Bonchev–Trinajstić information content (AvgIpc) is 2.28. The molecule has 0 aliphatic heterocycles. The third kappa shape index (κ3) is 2.89. The molecule has 0 fully saturated rings. The number of sulfonamides is 1. The highest BCUT2D eigenvalue weighted by atomic mass is 32.2. The van der Waals surface area contributed by atoms with Crippen LogP contribution in [0.1, 0.15) is 13.3 Å². The first-order valence-corrected chi connectivity index (χ1v) is 7.20. The van der Waals surface area contributed by atoms with Crippen LogP contribution in [-0.2, 0) is 10.0 Å². The zero-order valence-electron chi connectivity index (χ0n) is 9.84. The quantitative estimate of drug-likeness (QED) is 0.859. The Hall–Kier alpha value is -1.82. The smallest absolute Gasteiger partial charge is 0.336 e. The maximum atomic E-state index is 11.6. The Bertz CT molecular complexity index is 718. The van der Waals surface area contributed by atoms with E-state index in [1.165, 1.54) is 6.07 Å². The Labute approximate surface area is 104 Å². The minimum Gasteiger partial charge on any atom is -0.423 e. The van der Waals surface area contributed by atoms with Gasteiger partial charge in [-0.3, -0.25) is 4.72 Å². The number of rotatable bonds is 4. The van der Waals surface area contributed by atoms with Crippen LogP contribution in [0.4, 0.5) is 5.69 Å². The molecule has 0 saturated carbocycles. The van der Waals surface area contributed by atoms with Gasteiger partial charge in [0.1, 0.15) is 5.58 Å². The zero-order chi connectivity index (χ0) is 13.2. The molecule has 1 aromatic carbocycles. The van der Waals surface area contributed by atoms with Gasteiger partial charge in [0.25, 0.3) is 0 Å². The standard InChI is InChI=1S/C12H13NO4S/c1-2-7-18(15,16)13-10-4-5-11-9(8-10)3-6-12(14)17-11/h3-6,8,13H,2,7H2,1H3. The molecule has 0 unspecified atom stereocenters. The highest BCUT2D eigenvalue weighted by Gasteiger charge is 2.09. The Morgan fingerprint density at radius 1 is 1.22 bits per heavy atom. The first kappa shape index (κ1) is 12.6. The van der Waals surface area contributed by atoms with Gasteiger partial charge in [0.2, 0.25) is 10.0 Å². The van der Waals surface area contributed by atoms with Gasteiger partial charge in [-0.2, -0.15) is 0 Å². The fourth-order valence-electron chi connectivity index (χ4n) is 1.63. The second-order valence-corrected chi connectivity index (χ2v) is 5.77. The van der Waals surface area contributed by atoms with Gasteiger partial charge in [-0.1, -0.05) is 6.92 Å². The van der Waals surface area contributed by atoms with Crippen molar-refractivity contribution in [1.82, 2.24) is 0 Å². The summed E-state index contributed by atoms with van der Waals surface area (Å²) in [5, 5.41) is 0.672. The SMILES string of the molecule is CCCS(=O)(=O)Nc1ccc2oc(=O)ccc2c1. The summed E-state index contributed by atoms with van der Waals surface area (Å²) in [6, 6.07) is 7.66. The van der Waals surface area contributed by atoms with Crippen LogP contribution < -0.4 is 10.3 Å². The lowest BCUT2D eigenvalue weighted by molar-refractivity contribution is 0.561. The molecule has 0 aliphatic carbocycles. The van der Waals surface area contributed by atoms with Crippen LogP contribution >= 0.6 is 0 Å². The molecule has 1 aromatic heterocycles. The van der Waals surface area contributed by atoms with Gasteiger partial charge < -0.3 is 4.42 Å². The van der Waals surface area contributed by atoms with Crippen molar-refractivity contribution in [2.45, 2.75) is 13.3 Å². The number of nitrogens with one attached hydrogen (secondary N) is 1. The molecule has 18 heavy (non-hydrogen) atoms. The lowest BCUT2D eigenvalue weighted by Crippen LogP contribution is -2.15. The summed E-state index contributed by atoms with van der Waals surface area (Å²) in [7, 11) is -3.30. The monoisotopic (exact) mass is 267 g/mol. The van der Waals surface area contributed by atoms with E-state index in [2.05, 4.69) is 4.72 Å². The molecular formula is C12H13NO4S. The van der Waals surface area contributed by atoms with Crippen molar-refractivity contribution >= 4 is 26.7 Å². The van der Waals surface area contributed by atoms with Crippen molar-refractivity contribution in [3.8, 4) is 0 Å². The first-order chi connectivity index (χ1) is 8.50. The average molecular weight is 267 g/mol. The van der Waals surface area contributed by atoms with Gasteiger partial charge in [-0.25, -0.2) is 13.2 Å². The molecular weight excluding hydrogens is 254 g/mol. The minimum atomic E-state index is -3.30. The van der Waals surface area contributed by atoms with E-state index in [-0.39, 0.29) is 5.75 Å². The molecule has 0 radical (unpaired) electrons. The molecule has 1 N–H and O–H groups in total. The van der Waals surface area contributed by atoms with E-state index in [4.69, 9.17) is 4.42 Å². The van der Waals surface area contributed by atoms with Crippen LogP contribution in [0.15, 0.2) is 39.5 Å². The fraction of sp³-hybridized carbons (Fsp3) is 0.250. The van der Waals surface area contributed by atoms with Gasteiger partial charge in [0, 0.05) is 17.1 Å². The van der Waals surface area contributed by atoms with E-state index in [0.29, 0.717) is 23.1 Å². The largest absolute Gasteiger partial charge is 0.423 e. The first-order valence-electron chi connectivity index (χ1n) is 5.54. The number of hydrogen-bond donors (Lipinski definition) is 1. The van der Waals surface area contributed by atoms with E-state index in [1.54, 1.807) is 31.2 Å². The normalized spacial score (nSPS) is 11.6. The molecule has 96 valence electrons. The maximum Gasteiger partial charge on any atom is 0.336 e. The third-order valence-corrected chi connectivity index (χ3v) is 3.86. The van der Waals surface area contributed by atoms with E-state index < -0.39 is 15.6 Å². The van der Waals surface area contributed by atoms with Crippen molar-refractivity contribution in [2.75, 3.05) is 10.5 Å². The van der Waals surface area contributed by atoms with Crippen molar-refractivity contribution in [3.63, 3.8) is 0 Å². The summed E-state index contributed by atoms with van der Waals surface area (Å²) in [5.74, 6) is 0.0783. The minimum absolute atomic E-state index is 0.0783. The predicted molar refractivity (Wildman–Crippen MR) is 70.2 cm³/mol. The number of fused-ring (bicyclic) bond motifs is 1. The van der Waals surface area contributed by atoms with Crippen molar-refractivity contribution in [1.29, 1.82) is 0 Å². The molecule has 2 aromatic rings. The predicted octanol–water partition coefficient (Wildman–Crippen LogP) is 1.94. The van der Waals surface area contributed by atoms with Gasteiger partial charge in [-0.15, -0.1) is 0 Å². The summed E-state index contributed by atoms with van der Waals surface area (Å²) in [5.41, 5.74) is 0.465. The molecule has 2 rings (SSSR count). The Morgan fingerprint density at radius 3 is 2.72 bits per heavy atom. The second-order valence-electron chi connectivity index (χ2n) is 3.93. The summed E-state index contributed by atoms with van der Waals surface area (Å²) >= 11 is 0. The van der Waals surface area contributed by atoms with Crippen molar-refractivity contribution in [2.24, 2.45) is 0 Å². The number of hydrogen-bond acceptors (Lipinski definition) is 4. The summed E-state index contributed by atoms with van der Waals surface area (Å²) in [4.78, 5) is 11.0. The van der Waals surface area contributed by atoms with Crippen molar-refractivity contribution < 1.29 is 12.8 Å². The number of benzene rings is 1. The highest BCUT2D eigenvalue weighted by molar-refractivity contribution is 7.92. The maximum absolute atomic E-state index is 11.6. The highest BCUT2D eigenvalue weighted by Crippen LogP contribution is 2.18. The van der Waals surface area contributed by atoms with Crippen LogP contribution in [-0.4, -0.2) is 14.2 Å². The summed E-state index contributed by atoms with van der Waals surface area (Å²) in [6.07, 6.45) is 0.553. The Morgan fingerprint density at radius 2 is 2.00 bits per heavy atom. The molecule has 0 spiro atoms. The van der Waals surface area contributed by atoms with E-state index in [0.717, 1.165) is 0 Å². The molecule has 1 heterocycles. The molecule has 0 aliphatic rings. The van der Waals surface area contributed by atoms with Crippen LogP contribution in [0.5, 0.6) is 0 Å². The van der Waals surface area contributed by atoms with Crippen molar-refractivity contribution in [3.05, 3.63) is 40.8 Å². The van der Waals surface area contributed by atoms with E-state index >= 15 is 0 Å². The van der Waals surface area contributed by atoms with Gasteiger partial charge >= 0.3 is 5.63 Å². The Kier molecular flexibility index (Phi) is 3.38.